The van der Waals surface area contributed by atoms with Crippen molar-refractivity contribution in [2.45, 2.75) is 0 Å². The molecule has 1 aliphatic heterocycles. The van der Waals surface area contributed by atoms with E-state index in [-0.39, 0.29) is 4.92 Å². The highest BCUT2D eigenvalue weighted by Crippen LogP contribution is 2.36. The molecule has 1 heterocycles. The zero-order valence-corrected chi connectivity index (χ0v) is 7.10. The highest BCUT2D eigenvalue weighted by Gasteiger charge is 2.61. The highest BCUT2D eigenvalue weighted by molar-refractivity contribution is 5.38. The van der Waals surface area contributed by atoms with E-state index in [0.717, 1.165) is 5.69 Å². The fourth-order valence-corrected chi connectivity index (χ4v) is 1.22. The Labute approximate surface area is 70.9 Å². The largest absolute Gasteiger partial charge is 0.227 e. The molecule has 2 atom stereocenters. The van der Waals surface area contributed by atoms with Crippen LogP contribution in [0, 0.1) is 0 Å². The number of rotatable bonds is 2. The molecule has 0 saturated carbocycles. The molecule has 1 saturated heterocycles. The van der Waals surface area contributed by atoms with Crippen molar-refractivity contribution in [1.29, 1.82) is 0 Å². The van der Waals surface area contributed by atoms with Crippen LogP contribution < -0.4 is 4.92 Å². The zero-order chi connectivity index (χ0) is 8.60. The predicted octanol–water partition coefficient (Wildman–Crippen LogP) is 1.26. The van der Waals surface area contributed by atoms with Crippen LogP contribution in [0.1, 0.15) is 0 Å². The minimum atomic E-state index is 0.0286. The van der Waals surface area contributed by atoms with E-state index in [9.17, 15) is 0 Å². The van der Waals surface area contributed by atoms with Gasteiger partial charge in [-0.1, -0.05) is 18.2 Å². The Hall–Kier alpha value is -0.940. The molecule has 0 radical (unpaired) electrons. The van der Waals surface area contributed by atoms with E-state index >= 15 is 0 Å². The normalized spacial score (nSPS) is 33.3. The summed E-state index contributed by atoms with van der Waals surface area (Å²) in [7, 11) is 3.42. The van der Waals surface area contributed by atoms with Crippen LogP contribution in [0.2, 0.25) is 0 Å². The van der Waals surface area contributed by atoms with E-state index in [1.165, 1.54) is 0 Å². The van der Waals surface area contributed by atoms with Gasteiger partial charge in [0.15, 0.2) is 0 Å². The maximum absolute atomic E-state index is 5.19. The van der Waals surface area contributed by atoms with E-state index in [1.54, 1.807) is 12.3 Å². The average molecular weight is 167 g/mol. The summed E-state index contributed by atoms with van der Waals surface area (Å²) in [6, 6.07) is 9.76. The number of quaternary nitrogens is 1. The number of hydrogen-bond donors (Lipinski definition) is 0. The van der Waals surface area contributed by atoms with Crippen molar-refractivity contribution in [3.05, 3.63) is 30.3 Å². The third-order valence-electron chi connectivity index (χ3n) is 1.90. The molecule has 1 fully saturated rings. The molecule has 0 aliphatic carbocycles. The van der Waals surface area contributed by atoms with E-state index in [2.05, 4.69) is 0 Å². The molecule has 0 spiro atoms. The number of nitrogens with zero attached hydrogens (tertiary/aromatic N) is 2. The fourth-order valence-electron chi connectivity index (χ4n) is 1.22. The molecule has 0 aromatic heterocycles. The minimum absolute atomic E-state index is 0.0286. The summed E-state index contributed by atoms with van der Waals surface area (Å²) in [5, 5.41) is 1.62. The van der Waals surface area contributed by atoms with Crippen LogP contribution in [0.25, 0.3) is 0 Å². The summed E-state index contributed by atoms with van der Waals surface area (Å²) in [5.41, 5.74) is 0.961. The third-order valence-corrected chi connectivity index (χ3v) is 1.90. The van der Waals surface area contributed by atoms with Crippen molar-refractivity contribution in [3.63, 3.8) is 0 Å². The first-order valence-electron chi connectivity index (χ1n) is 3.74. The molecule has 1 aromatic rings. The fraction of sp³-hybridized carbons (Fsp3) is 0.250. The first kappa shape index (κ1) is 7.70. The van der Waals surface area contributed by atoms with E-state index in [0.29, 0.717) is 0 Å². The van der Waals surface area contributed by atoms with Crippen LogP contribution in [-0.4, -0.2) is 19.3 Å². The quantitative estimate of drug-likeness (QED) is 0.489. The molecule has 0 bridgehead atoms. The van der Waals surface area contributed by atoms with E-state index in [1.807, 2.05) is 37.4 Å². The van der Waals surface area contributed by atoms with Gasteiger partial charge in [0.2, 0.25) is 5.69 Å². The molecule has 4 heteroatoms. The molecule has 1 aromatic carbocycles. The summed E-state index contributed by atoms with van der Waals surface area (Å²) in [6.45, 7) is 0. The lowest BCUT2D eigenvalue weighted by molar-refractivity contribution is -0.134. The van der Waals surface area contributed by atoms with Crippen LogP contribution in [0.3, 0.4) is 0 Å². The predicted molar refractivity (Wildman–Crippen MR) is 44.1 cm³/mol. The van der Waals surface area contributed by atoms with Crippen LogP contribution in [0.4, 0.5) is 5.69 Å². The summed E-state index contributed by atoms with van der Waals surface area (Å²) >= 11 is 0. The third kappa shape index (κ3) is 0.937. The lowest BCUT2D eigenvalue weighted by atomic mass is 10.3. The van der Waals surface area contributed by atoms with Crippen LogP contribution in [0.5, 0.6) is 0 Å². The second-order valence-electron chi connectivity index (χ2n) is 2.58. The van der Waals surface area contributed by atoms with Crippen molar-refractivity contribution >= 4 is 5.69 Å². The molecule has 1 aliphatic rings. The Morgan fingerprint density at radius 3 is 2.33 bits per heavy atom. The first-order chi connectivity index (χ1) is 5.79. The summed E-state index contributed by atoms with van der Waals surface area (Å²) in [5.74, 6) is 0. The lowest BCUT2D eigenvalue weighted by Crippen LogP contribution is -2.28. The van der Waals surface area contributed by atoms with Crippen molar-refractivity contribution in [2.24, 2.45) is 0 Å². The average Bonchev–Trinajstić information content (AvgIpc) is 2.80. The highest BCUT2D eigenvalue weighted by atomic mass is 17.3. The van der Waals surface area contributed by atoms with Crippen molar-refractivity contribution in [1.82, 2.24) is 10.1 Å². The van der Waals surface area contributed by atoms with E-state index in [4.69, 9.17) is 9.78 Å². The van der Waals surface area contributed by atoms with Crippen molar-refractivity contribution < 1.29 is 9.78 Å². The molecule has 2 unspecified atom stereocenters. The van der Waals surface area contributed by atoms with E-state index < -0.39 is 0 Å². The van der Waals surface area contributed by atoms with Gasteiger partial charge >= 0.3 is 0 Å². The zero-order valence-electron chi connectivity index (χ0n) is 7.10. The molecular formula is C8H11N2O2+. The Morgan fingerprint density at radius 1 is 1.33 bits per heavy atom. The standard InChI is InChI=1S/C8H11N2O2/c1-9-10(11-2,12-9)8-6-4-3-5-7-8/h3-7H,1-2H3/q+1. The Kier molecular flexibility index (Phi) is 1.62. The number of hydroxylamine groups is 1. The SMILES string of the molecule is CO[N+]1(c2ccccc2)ON1C. The van der Waals surface area contributed by atoms with Gasteiger partial charge in [-0.15, -0.1) is 4.84 Å². The second kappa shape index (κ2) is 2.53. The van der Waals surface area contributed by atoms with Crippen molar-refractivity contribution in [3.8, 4) is 0 Å². The van der Waals surface area contributed by atoms with Gasteiger partial charge in [0.1, 0.15) is 17.2 Å². The molecule has 64 valence electrons. The summed E-state index contributed by atoms with van der Waals surface area (Å²) in [6.07, 6.45) is 0. The van der Waals surface area contributed by atoms with Gasteiger partial charge in [-0.3, -0.25) is 0 Å². The molecular weight excluding hydrogens is 156 g/mol. The van der Waals surface area contributed by atoms with Gasteiger partial charge in [-0.05, 0) is 0 Å². The first-order valence-corrected chi connectivity index (χ1v) is 3.74. The molecule has 2 rings (SSSR count). The van der Waals surface area contributed by atoms with Gasteiger partial charge in [0.05, 0.1) is 7.05 Å². The van der Waals surface area contributed by atoms with Gasteiger partial charge in [0.25, 0.3) is 0 Å². The maximum Gasteiger partial charge on any atom is 0.227 e. The lowest BCUT2D eigenvalue weighted by Gasteiger charge is -2.02. The Balaban J connectivity index is 2.31. The topological polar surface area (TPSA) is 24.8 Å². The molecule has 0 amide bonds. The smallest absolute Gasteiger partial charge is 0.140 e. The molecule has 4 nitrogen and oxygen atoms in total. The van der Waals surface area contributed by atoms with Gasteiger partial charge in [-0.25, -0.2) is 0 Å². The summed E-state index contributed by atoms with van der Waals surface area (Å²) < 4.78 is 0. The Morgan fingerprint density at radius 2 is 1.92 bits per heavy atom. The summed E-state index contributed by atoms with van der Waals surface area (Å²) in [4.78, 5) is 10.4. The second-order valence-corrected chi connectivity index (χ2v) is 2.58. The van der Waals surface area contributed by atoms with Crippen LogP contribution in [-0.2, 0) is 9.78 Å². The number of hydrogen-bond acceptors (Lipinski definition) is 3. The van der Waals surface area contributed by atoms with Crippen LogP contribution >= 0.6 is 0 Å². The molecule has 12 heavy (non-hydrogen) atoms. The van der Waals surface area contributed by atoms with Gasteiger partial charge in [0, 0.05) is 17.1 Å². The maximum atomic E-state index is 5.19. The monoisotopic (exact) mass is 167 g/mol. The number of benzene rings is 1. The van der Waals surface area contributed by atoms with Crippen LogP contribution in [0.15, 0.2) is 30.3 Å². The minimum Gasteiger partial charge on any atom is -0.140 e. The van der Waals surface area contributed by atoms with Gasteiger partial charge in [-0.2, -0.15) is 0 Å². The van der Waals surface area contributed by atoms with Crippen molar-refractivity contribution in [2.75, 3.05) is 14.2 Å². The van der Waals surface area contributed by atoms with Gasteiger partial charge < -0.3 is 0 Å². The Bertz CT molecular complexity index is 274. The molecule has 0 N–H and O–H groups in total.